The van der Waals surface area contributed by atoms with Crippen molar-refractivity contribution < 1.29 is 36.9 Å². The summed E-state index contributed by atoms with van der Waals surface area (Å²) in [5.74, 6) is 0.958. The number of ether oxygens (including phenoxy) is 4. The van der Waals surface area contributed by atoms with E-state index in [0.29, 0.717) is 30.2 Å². The molecule has 0 aliphatic carbocycles. The molecule has 31 heavy (non-hydrogen) atoms. The van der Waals surface area contributed by atoms with Gasteiger partial charge in [0.1, 0.15) is 30.0 Å². The van der Waals surface area contributed by atoms with Crippen LogP contribution in [0.3, 0.4) is 0 Å². The number of rotatable bonds is 6. The van der Waals surface area contributed by atoms with E-state index in [1.165, 1.54) is 26.4 Å². The summed E-state index contributed by atoms with van der Waals surface area (Å²) < 4.78 is 60.4. The minimum absolute atomic E-state index is 0.0195. The molecule has 0 bridgehead atoms. The maximum absolute atomic E-state index is 13.0. The van der Waals surface area contributed by atoms with E-state index in [1.807, 2.05) is 6.92 Å². The van der Waals surface area contributed by atoms with Gasteiger partial charge in [-0.3, -0.25) is 4.79 Å². The Balaban J connectivity index is 1.66. The van der Waals surface area contributed by atoms with Crippen molar-refractivity contribution in [3.05, 3.63) is 53.1 Å². The monoisotopic (exact) mass is 439 g/mol. The number of methoxy groups -OCH3 is 2. The normalized spacial score (nSPS) is 16.7. The molecule has 6 nitrogen and oxygen atoms in total. The Morgan fingerprint density at radius 2 is 1.84 bits per heavy atom. The minimum Gasteiger partial charge on any atom is -0.496 e. The fourth-order valence-corrected chi connectivity index (χ4v) is 3.35. The van der Waals surface area contributed by atoms with Crippen molar-refractivity contribution in [3.8, 4) is 17.2 Å². The van der Waals surface area contributed by atoms with Crippen LogP contribution >= 0.6 is 0 Å². The molecule has 1 atom stereocenters. The molecule has 1 saturated heterocycles. The van der Waals surface area contributed by atoms with Gasteiger partial charge in [0.25, 0.3) is 5.91 Å². The van der Waals surface area contributed by atoms with Gasteiger partial charge in [-0.25, -0.2) is 0 Å². The molecule has 2 aromatic rings. The van der Waals surface area contributed by atoms with E-state index in [1.54, 1.807) is 17.0 Å². The topological polar surface area (TPSA) is 57.2 Å². The van der Waals surface area contributed by atoms with Crippen molar-refractivity contribution in [1.29, 1.82) is 0 Å². The van der Waals surface area contributed by atoms with E-state index in [2.05, 4.69) is 0 Å². The molecule has 1 heterocycles. The number of amides is 1. The van der Waals surface area contributed by atoms with Gasteiger partial charge < -0.3 is 23.8 Å². The molecule has 9 heteroatoms. The predicted molar refractivity (Wildman–Crippen MR) is 107 cm³/mol. The van der Waals surface area contributed by atoms with Crippen LogP contribution < -0.4 is 14.2 Å². The lowest BCUT2D eigenvalue weighted by molar-refractivity contribution is -0.137. The van der Waals surface area contributed by atoms with Crippen molar-refractivity contribution in [3.63, 3.8) is 0 Å². The zero-order valence-corrected chi connectivity index (χ0v) is 17.5. The molecule has 1 aliphatic rings. The minimum atomic E-state index is -4.44. The smallest absolute Gasteiger partial charge is 0.416 e. The Morgan fingerprint density at radius 1 is 1.16 bits per heavy atom. The van der Waals surface area contributed by atoms with E-state index in [9.17, 15) is 18.0 Å². The van der Waals surface area contributed by atoms with Gasteiger partial charge in [-0.05, 0) is 37.3 Å². The highest BCUT2D eigenvalue weighted by Gasteiger charge is 2.31. The molecule has 0 aromatic heterocycles. The Bertz CT molecular complexity index is 907. The third-order valence-electron chi connectivity index (χ3n) is 5.02. The van der Waals surface area contributed by atoms with E-state index in [-0.39, 0.29) is 24.8 Å². The molecule has 0 spiro atoms. The Kier molecular flexibility index (Phi) is 6.94. The first-order valence-corrected chi connectivity index (χ1v) is 9.66. The average molecular weight is 439 g/mol. The van der Waals surface area contributed by atoms with Gasteiger partial charge in [-0.1, -0.05) is 6.07 Å². The van der Waals surface area contributed by atoms with Gasteiger partial charge in [-0.15, -0.1) is 0 Å². The first kappa shape index (κ1) is 22.7. The number of hydrogen-bond acceptors (Lipinski definition) is 5. The van der Waals surface area contributed by atoms with Crippen LogP contribution in [-0.2, 0) is 10.9 Å². The molecule has 1 aliphatic heterocycles. The number of carbonyl (C=O) groups is 1. The standard InChI is InChI=1S/C22H24F3NO5/c1-14-19(28-2)9-15(10-20(14)29-3)21(27)26-7-8-30-18(12-26)13-31-17-6-4-5-16(11-17)22(23,24)25/h4-6,9-11,18H,7-8,12-13H2,1-3H3/t18-/m1/s1. The third kappa shape index (κ3) is 5.41. The van der Waals surface area contributed by atoms with Gasteiger partial charge in [-0.2, -0.15) is 13.2 Å². The number of alkyl halides is 3. The highest BCUT2D eigenvalue weighted by atomic mass is 19.4. The maximum Gasteiger partial charge on any atom is 0.416 e. The molecule has 1 amide bonds. The van der Waals surface area contributed by atoms with Gasteiger partial charge >= 0.3 is 6.18 Å². The molecule has 2 aromatic carbocycles. The molecule has 0 saturated carbocycles. The Morgan fingerprint density at radius 3 is 2.45 bits per heavy atom. The molecular weight excluding hydrogens is 415 g/mol. The summed E-state index contributed by atoms with van der Waals surface area (Å²) in [4.78, 5) is 14.6. The van der Waals surface area contributed by atoms with E-state index in [4.69, 9.17) is 18.9 Å². The second-order valence-electron chi connectivity index (χ2n) is 7.09. The number of benzene rings is 2. The summed E-state index contributed by atoms with van der Waals surface area (Å²) >= 11 is 0. The first-order valence-electron chi connectivity index (χ1n) is 9.66. The zero-order chi connectivity index (χ0) is 22.6. The fraction of sp³-hybridized carbons (Fsp3) is 0.409. The van der Waals surface area contributed by atoms with E-state index >= 15 is 0 Å². The number of carbonyl (C=O) groups excluding carboxylic acids is 1. The summed E-state index contributed by atoms with van der Waals surface area (Å²) in [6, 6.07) is 7.97. The van der Waals surface area contributed by atoms with Crippen LogP contribution in [0.2, 0.25) is 0 Å². The van der Waals surface area contributed by atoms with Crippen molar-refractivity contribution in [2.75, 3.05) is 40.5 Å². The molecular formula is C22H24F3NO5. The van der Waals surface area contributed by atoms with Crippen LogP contribution in [0.1, 0.15) is 21.5 Å². The molecule has 0 unspecified atom stereocenters. The molecule has 0 radical (unpaired) electrons. The highest BCUT2D eigenvalue weighted by Crippen LogP contribution is 2.32. The molecule has 0 N–H and O–H groups in total. The quantitative estimate of drug-likeness (QED) is 0.682. The van der Waals surface area contributed by atoms with Crippen LogP contribution in [0, 0.1) is 6.92 Å². The molecule has 168 valence electrons. The van der Waals surface area contributed by atoms with Gasteiger partial charge in [0, 0.05) is 17.7 Å². The van der Waals surface area contributed by atoms with Crippen molar-refractivity contribution >= 4 is 5.91 Å². The van der Waals surface area contributed by atoms with Gasteiger partial charge in [0.15, 0.2) is 0 Å². The summed E-state index contributed by atoms with van der Waals surface area (Å²) in [6.07, 6.45) is -4.92. The molecule has 1 fully saturated rings. The lowest BCUT2D eigenvalue weighted by atomic mass is 10.1. The number of halogens is 3. The van der Waals surface area contributed by atoms with Crippen LogP contribution in [-0.4, -0.2) is 57.4 Å². The van der Waals surface area contributed by atoms with Crippen molar-refractivity contribution in [1.82, 2.24) is 4.90 Å². The Hall–Kier alpha value is -2.94. The number of hydrogen-bond donors (Lipinski definition) is 0. The highest BCUT2D eigenvalue weighted by molar-refractivity contribution is 5.95. The summed E-state index contributed by atoms with van der Waals surface area (Å²) in [6.45, 7) is 2.78. The van der Waals surface area contributed by atoms with E-state index < -0.39 is 17.8 Å². The SMILES string of the molecule is COc1cc(C(=O)N2CCO[C@@H](COc3cccc(C(F)(F)F)c3)C2)cc(OC)c1C. The summed E-state index contributed by atoms with van der Waals surface area (Å²) in [7, 11) is 3.04. The largest absolute Gasteiger partial charge is 0.496 e. The van der Waals surface area contributed by atoms with Crippen molar-refractivity contribution in [2.45, 2.75) is 19.2 Å². The van der Waals surface area contributed by atoms with Gasteiger partial charge in [0.05, 0.1) is 32.9 Å². The molecule has 3 rings (SSSR count). The Labute approximate surface area is 178 Å². The van der Waals surface area contributed by atoms with Crippen LogP contribution in [0.5, 0.6) is 17.2 Å². The van der Waals surface area contributed by atoms with Crippen LogP contribution in [0.4, 0.5) is 13.2 Å². The lowest BCUT2D eigenvalue weighted by Gasteiger charge is -2.33. The first-order chi connectivity index (χ1) is 14.7. The number of nitrogens with zero attached hydrogens (tertiary/aromatic N) is 1. The number of morpholine rings is 1. The predicted octanol–water partition coefficient (Wildman–Crippen LogP) is 3.95. The van der Waals surface area contributed by atoms with E-state index in [0.717, 1.165) is 17.7 Å². The summed E-state index contributed by atoms with van der Waals surface area (Å²) in [5.41, 5.74) is 0.420. The zero-order valence-electron chi connectivity index (χ0n) is 17.5. The second kappa shape index (κ2) is 9.47. The van der Waals surface area contributed by atoms with Crippen LogP contribution in [0.15, 0.2) is 36.4 Å². The van der Waals surface area contributed by atoms with Gasteiger partial charge in [0.2, 0.25) is 0 Å². The fourth-order valence-electron chi connectivity index (χ4n) is 3.35. The maximum atomic E-state index is 13.0. The second-order valence-corrected chi connectivity index (χ2v) is 7.09. The average Bonchev–Trinajstić information content (AvgIpc) is 2.77. The summed E-state index contributed by atoms with van der Waals surface area (Å²) in [5, 5.41) is 0. The third-order valence-corrected chi connectivity index (χ3v) is 5.02. The van der Waals surface area contributed by atoms with Crippen LogP contribution in [0.25, 0.3) is 0 Å². The lowest BCUT2D eigenvalue weighted by Crippen LogP contribution is -2.47. The van der Waals surface area contributed by atoms with Crippen molar-refractivity contribution in [2.24, 2.45) is 0 Å².